The molecule has 1 aromatic carbocycles. The molecule has 1 aliphatic rings. The van der Waals surface area contributed by atoms with Crippen molar-refractivity contribution in [2.75, 3.05) is 6.61 Å². The number of benzene rings is 1. The van der Waals surface area contributed by atoms with E-state index < -0.39 is 35.9 Å². The summed E-state index contributed by atoms with van der Waals surface area (Å²) >= 11 is 0. The molecule has 0 bridgehead atoms. The van der Waals surface area contributed by atoms with Gasteiger partial charge >= 0.3 is 11.9 Å². The Balaban J connectivity index is 2.24. The van der Waals surface area contributed by atoms with E-state index in [4.69, 9.17) is 14.2 Å². The number of hydrogen-bond donors (Lipinski definition) is 0. The van der Waals surface area contributed by atoms with Gasteiger partial charge in [-0.1, -0.05) is 18.2 Å². The van der Waals surface area contributed by atoms with E-state index in [0.29, 0.717) is 0 Å². The molecule has 23 heavy (non-hydrogen) atoms. The number of halogens is 2. The highest BCUT2D eigenvalue weighted by Gasteiger charge is 2.53. The Labute approximate surface area is 130 Å². The summed E-state index contributed by atoms with van der Waals surface area (Å²) in [5.41, 5.74) is 0.00447. The third-order valence-electron chi connectivity index (χ3n) is 3.24. The van der Waals surface area contributed by atoms with Crippen LogP contribution in [0.4, 0.5) is 8.78 Å². The second kappa shape index (κ2) is 6.21. The quantitative estimate of drug-likeness (QED) is 0.741. The van der Waals surface area contributed by atoms with Gasteiger partial charge in [-0.2, -0.15) is 8.78 Å². The third-order valence-corrected chi connectivity index (χ3v) is 3.24. The van der Waals surface area contributed by atoms with Crippen molar-refractivity contribution >= 4 is 11.9 Å². The maximum Gasteiger partial charge on any atom is 0.338 e. The number of hydrogen-bond acceptors (Lipinski definition) is 6. The van der Waals surface area contributed by atoms with Gasteiger partial charge in [-0.25, -0.2) is 4.79 Å². The minimum Gasteiger partial charge on any atom is -0.544 e. The molecular formula is C15H15F2O6-. The van der Waals surface area contributed by atoms with Gasteiger partial charge in [0.2, 0.25) is 0 Å². The van der Waals surface area contributed by atoms with Gasteiger partial charge in [-0.05, 0) is 26.0 Å². The molecule has 1 aliphatic heterocycles. The monoisotopic (exact) mass is 329 g/mol. The fourth-order valence-electron chi connectivity index (χ4n) is 2.12. The lowest BCUT2D eigenvalue weighted by molar-refractivity contribution is -0.338. The SMILES string of the molecule is CC1(C)OCC(C(OC(=O)c2ccccc2)C(F)(F)C(=O)[O-])O1. The summed E-state index contributed by atoms with van der Waals surface area (Å²) in [4.78, 5) is 22.7. The number of ether oxygens (including phenoxy) is 3. The minimum absolute atomic E-state index is 0.00447. The number of carbonyl (C=O) groups excluding carboxylic acids is 2. The first-order chi connectivity index (χ1) is 10.6. The largest absolute Gasteiger partial charge is 0.544 e. The second-order valence-corrected chi connectivity index (χ2v) is 5.47. The smallest absolute Gasteiger partial charge is 0.338 e. The predicted octanol–water partition coefficient (Wildman–Crippen LogP) is 0.749. The molecule has 6 nitrogen and oxygen atoms in total. The zero-order valence-corrected chi connectivity index (χ0v) is 12.5. The number of esters is 1. The first kappa shape index (κ1) is 17.3. The molecule has 0 aromatic heterocycles. The van der Waals surface area contributed by atoms with Gasteiger partial charge < -0.3 is 24.1 Å². The van der Waals surface area contributed by atoms with Crippen molar-refractivity contribution < 1.29 is 37.7 Å². The van der Waals surface area contributed by atoms with E-state index in [-0.39, 0.29) is 12.2 Å². The summed E-state index contributed by atoms with van der Waals surface area (Å²) in [5.74, 6) is -9.37. The number of carboxylic acid groups (broad SMARTS) is 1. The normalized spacial score (nSPS) is 21.7. The Bertz CT molecular complexity index is 587. The lowest BCUT2D eigenvalue weighted by Gasteiger charge is -2.31. The molecule has 0 aliphatic carbocycles. The van der Waals surface area contributed by atoms with Crippen LogP contribution in [0.5, 0.6) is 0 Å². The van der Waals surface area contributed by atoms with Crippen LogP contribution in [0.15, 0.2) is 30.3 Å². The number of carboxylic acids is 1. The van der Waals surface area contributed by atoms with Crippen LogP contribution in [0.2, 0.25) is 0 Å². The summed E-state index contributed by atoms with van der Waals surface area (Å²) in [7, 11) is 0. The van der Waals surface area contributed by atoms with Crippen molar-refractivity contribution in [2.45, 2.75) is 37.8 Å². The van der Waals surface area contributed by atoms with Gasteiger partial charge in [-0.15, -0.1) is 0 Å². The summed E-state index contributed by atoms with van der Waals surface area (Å²) in [6.07, 6.45) is -3.81. The average molecular weight is 329 g/mol. The minimum atomic E-state index is -4.43. The van der Waals surface area contributed by atoms with Crippen molar-refractivity contribution in [3.05, 3.63) is 35.9 Å². The fourth-order valence-corrected chi connectivity index (χ4v) is 2.12. The molecule has 0 saturated carbocycles. The number of carbonyl (C=O) groups is 2. The van der Waals surface area contributed by atoms with E-state index in [1.165, 1.54) is 38.1 Å². The van der Waals surface area contributed by atoms with E-state index in [1.807, 2.05) is 0 Å². The maximum absolute atomic E-state index is 13.9. The van der Waals surface area contributed by atoms with Crippen LogP contribution in [-0.4, -0.2) is 42.5 Å². The number of rotatable bonds is 5. The standard InChI is InChI=1S/C15H16F2O6/c1-14(2)21-8-10(23-14)11(15(16,17)13(19)20)22-12(18)9-6-4-3-5-7-9/h3-7,10-11H,8H2,1-2H3,(H,19,20)/p-1. The Hall–Kier alpha value is -2.06. The predicted molar refractivity (Wildman–Crippen MR) is 70.5 cm³/mol. The molecular weight excluding hydrogens is 314 g/mol. The first-order valence-electron chi connectivity index (χ1n) is 6.80. The number of aliphatic carboxylic acids is 1. The molecule has 126 valence electrons. The van der Waals surface area contributed by atoms with Crippen molar-refractivity contribution in [3.8, 4) is 0 Å². The summed E-state index contributed by atoms with van der Waals surface area (Å²) in [6.45, 7) is 2.60. The molecule has 0 amide bonds. The van der Waals surface area contributed by atoms with Gasteiger partial charge in [0.25, 0.3) is 0 Å². The average Bonchev–Trinajstić information content (AvgIpc) is 2.84. The summed E-state index contributed by atoms with van der Waals surface area (Å²) in [5, 5.41) is 10.7. The molecule has 0 radical (unpaired) electrons. The van der Waals surface area contributed by atoms with E-state index >= 15 is 0 Å². The highest BCUT2D eigenvalue weighted by atomic mass is 19.3. The Morgan fingerprint density at radius 3 is 2.43 bits per heavy atom. The highest BCUT2D eigenvalue weighted by Crippen LogP contribution is 2.33. The van der Waals surface area contributed by atoms with E-state index in [9.17, 15) is 23.5 Å². The number of alkyl halides is 2. The van der Waals surface area contributed by atoms with Crippen LogP contribution in [-0.2, 0) is 19.0 Å². The van der Waals surface area contributed by atoms with Crippen molar-refractivity contribution in [1.29, 1.82) is 0 Å². The molecule has 1 aromatic rings. The molecule has 2 rings (SSSR count). The van der Waals surface area contributed by atoms with Crippen LogP contribution in [0.3, 0.4) is 0 Å². The van der Waals surface area contributed by atoms with Gasteiger partial charge in [0.05, 0.1) is 12.2 Å². The topological polar surface area (TPSA) is 84.9 Å². The molecule has 1 saturated heterocycles. The Kier molecular flexibility index (Phi) is 4.67. The van der Waals surface area contributed by atoms with Crippen molar-refractivity contribution in [1.82, 2.24) is 0 Å². The zero-order valence-electron chi connectivity index (χ0n) is 12.5. The second-order valence-electron chi connectivity index (χ2n) is 5.47. The van der Waals surface area contributed by atoms with Gasteiger partial charge in [0.1, 0.15) is 12.1 Å². The molecule has 2 atom stereocenters. The van der Waals surface area contributed by atoms with Crippen LogP contribution >= 0.6 is 0 Å². The van der Waals surface area contributed by atoms with Crippen LogP contribution in [0.25, 0.3) is 0 Å². The lowest BCUT2D eigenvalue weighted by atomic mass is 10.1. The van der Waals surface area contributed by atoms with Crippen LogP contribution in [0, 0.1) is 0 Å². The van der Waals surface area contributed by atoms with Crippen molar-refractivity contribution in [3.63, 3.8) is 0 Å². The van der Waals surface area contributed by atoms with Crippen molar-refractivity contribution in [2.24, 2.45) is 0 Å². The highest BCUT2D eigenvalue weighted by molar-refractivity contribution is 5.89. The third kappa shape index (κ3) is 3.83. The van der Waals surface area contributed by atoms with Crippen LogP contribution in [0.1, 0.15) is 24.2 Å². The molecule has 8 heteroatoms. The van der Waals surface area contributed by atoms with E-state index in [2.05, 4.69) is 0 Å². The zero-order chi connectivity index (χ0) is 17.3. The first-order valence-corrected chi connectivity index (χ1v) is 6.80. The van der Waals surface area contributed by atoms with Gasteiger partial charge in [-0.3, -0.25) is 0 Å². The molecule has 0 N–H and O–H groups in total. The fraction of sp³-hybridized carbons (Fsp3) is 0.467. The van der Waals surface area contributed by atoms with Gasteiger partial charge in [0, 0.05) is 0 Å². The molecule has 1 fully saturated rings. The summed E-state index contributed by atoms with van der Waals surface area (Å²) < 4.78 is 42.9. The molecule has 2 unspecified atom stereocenters. The van der Waals surface area contributed by atoms with Crippen LogP contribution < -0.4 is 5.11 Å². The van der Waals surface area contributed by atoms with E-state index in [0.717, 1.165) is 0 Å². The Morgan fingerprint density at radius 2 is 1.96 bits per heavy atom. The van der Waals surface area contributed by atoms with E-state index in [1.54, 1.807) is 6.07 Å². The lowest BCUT2D eigenvalue weighted by Crippen LogP contribution is -2.56. The Morgan fingerprint density at radius 1 is 1.35 bits per heavy atom. The summed E-state index contributed by atoms with van der Waals surface area (Å²) in [6, 6.07) is 7.36. The van der Waals surface area contributed by atoms with Gasteiger partial charge in [0.15, 0.2) is 11.9 Å². The molecule has 0 spiro atoms. The molecule has 1 heterocycles. The maximum atomic E-state index is 13.9.